The van der Waals surface area contributed by atoms with Gasteiger partial charge in [0, 0.05) is 25.0 Å². The van der Waals surface area contributed by atoms with E-state index in [9.17, 15) is 0 Å². The third kappa shape index (κ3) is 1.26. The van der Waals surface area contributed by atoms with Crippen LogP contribution in [0.25, 0.3) is 11.3 Å². The molecule has 0 radical (unpaired) electrons. The highest BCUT2D eigenvalue weighted by Gasteiger charge is 2.04. The van der Waals surface area contributed by atoms with Crippen molar-refractivity contribution >= 4 is 5.95 Å². The third-order valence-corrected chi connectivity index (χ3v) is 1.98. The second-order valence-corrected chi connectivity index (χ2v) is 2.80. The number of nitrogen functional groups attached to an aromatic ring is 1. The molecule has 13 heavy (non-hydrogen) atoms. The van der Waals surface area contributed by atoms with Gasteiger partial charge in [0.05, 0.1) is 11.9 Å². The van der Waals surface area contributed by atoms with E-state index in [1.54, 1.807) is 18.6 Å². The lowest BCUT2D eigenvalue weighted by atomic mass is 10.2. The molecule has 0 unspecified atom stereocenters. The number of pyridine rings is 1. The molecule has 2 rings (SSSR count). The van der Waals surface area contributed by atoms with Gasteiger partial charge in [-0.2, -0.15) is 0 Å². The van der Waals surface area contributed by atoms with Crippen molar-refractivity contribution < 1.29 is 0 Å². The molecule has 4 nitrogen and oxygen atoms in total. The summed E-state index contributed by atoms with van der Waals surface area (Å²) in [4.78, 5) is 8.04. The molecule has 2 heterocycles. The van der Waals surface area contributed by atoms with Gasteiger partial charge in [0.1, 0.15) is 0 Å². The van der Waals surface area contributed by atoms with Crippen LogP contribution < -0.4 is 5.73 Å². The highest BCUT2D eigenvalue weighted by molar-refractivity contribution is 5.59. The van der Waals surface area contributed by atoms with E-state index in [0.717, 1.165) is 11.3 Å². The summed E-state index contributed by atoms with van der Waals surface area (Å²) >= 11 is 0. The Morgan fingerprint density at radius 2 is 2.23 bits per heavy atom. The minimum atomic E-state index is 0.513. The molecule has 0 amide bonds. The quantitative estimate of drug-likeness (QED) is 0.703. The average Bonchev–Trinajstić information content (AvgIpc) is 2.49. The summed E-state index contributed by atoms with van der Waals surface area (Å²) in [6.45, 7) is 0. The summed E-state index contributed by atoms with van der Waals surface area (Å²) in [5.41, 5.74) is 7.61. The maximum absolute atomic E-state index is 5.61. The zero-order valence-electron chi connectivity index (χ0n) is 7.31. The third-order valence-electron chi connectivity index (χ3n) is 1.98. The zero-order valence-corrected chi connectivity index (χ0v) is 7.31. The molecule has 0 saturated carbocycles. The molecule has 4 heteroatoms. The molecule has 0 aromatic carbocycles. The molecule has 0 spiro atoms. The van der Waals surface area contributed by atoms with Crippen LogP contribution in [0.1, 0.15) is 0 Å². The van der Waals surface area contributed by atoms with Crippen molar-refractivity contribution in [1.29, 1.82) is 0 Å². The normalized spacial score (nSPS) is 10.2. The van der Waals surface area contributed by atoms with Gasteiger partial charge < -0.3 is 10.3 Å². The van der Waals surface area contributed by atoms with Crippen LogP contribution in [-0.2, 0) is 7.05 Å². The predicted octanol–water partition coefficient (Wildman–Crippen LogP) is 1.06. The average molecular weight is 174 g/mol. The van der Waals surface area contributed by atoms with Crippen molar-refractivity contribution in [2.24, 2.45) is 7.05 Å². The minimum absolute atomic E-state index is 0.513. The van der Waals surface area contributed by atoms with Gasteiger partial charge in [0.2, 0.25) is 0 Å². The van der Waals surface area contributed by atoms with E-state index in [1.165, 1.54) is 0 Å². The Morgan fingerprint density at radius 1 is 1.38 bits per heavy atom. The van der Waals surface area contributed by atoms with Crippen LogP contribution in [-0.4, -0.2) is 14.5 Å². The summed E-state index contributed by atoms with van der Waals surface area (Å²) in [5, 5.41) is 0. The molecular formula is C9H10N4. The molecule has 2 aromatic rings. The first-order chi connectivity index (χ1) is 6.29. The van der Waals surface area contributed by atoms with Crippen LogP contribution in [0.4, 0.5) is 5.95 Å². The molecule has 0 saturated heterocycles. The van der Waals surface area contributed by atoms with Crippen LogP contribution in [0, 0.1) is 0 Å². The predicted molar refractivity (Wildman–Crippen MR) is 50.9 cm³/mol. The number of hydrogen-bond acceptors (Lipinski definition) is 3. The highest BCUT2D eigenvalue weighted by atomic mass is 15.1. The number of hydrogen-bond donors (Lipinski definition) is 1. The van der Waals surface area contributed by atoms with Gasteiger partial charge in [-0.3, -0.25) is 4.98 Å². The maximum atomic E-state index is 5.61. The SMILES string of the molecule is Cn1c(-c2cccnc2)cnc1N. The Bertz CT molecular complexity index is 405. The van der Waals surface area contributed by atoms with Crippen LogP contribution in [0.15, 0.2) is 30.7 Å². The summed E-state index contributed by atoms with van der Waals surface area (Å²) in [5.74, 6) is 0.513. The second kappa shape index (κ2) is 2.90. The lowest BCUT2D eigenvalue weighted by Gasteiger charge is -2.01. The second-order valence-electron chi connectivity index (χ2n) is 2.80. The maximum Gasteiger partial charge on any atom is 0.200 e. The lowest BCUT2D eigenvalue weighted by molar-refractivity contribution is 0.937. The van der Waals surface area contributed by atoms with Gasteiger partial charge in [-0.05, 0) is 12.1 Å². The first-order valence-electron chi connectivity index (χ1n) is 3.96. The van der Waals surface area contributed by atoms with E-state index in [0.29, 0.717) is 5.95 Å². The van der Waals surface area contributed by atoms with E-state index in [2.05, 4.69) is 9.97 Å². The summed E-state index contributed by atoms with van der Waals surface area (Å²) in [7, 11) is 1.88. The van der Waals surface area contributed by atoms with Gasteiger partial charge in [0.25, 0.3) is 0 Å². The van der Waals surface area contributed by atoms with Crippen molar-refractivity contribution in [2.45, 2.75) is 0 Å². The molecule has 0 atom stereocenters. The van der Waals surface area contributed by atoms with Gasteiger partial charge in [-0.15, -0.1) is 0 Å². The van der Waals surface area contributed by atoms with Crippen molar-refractivity contribution in [3.05, 3.63) is 30.7 Å². The minimum Gasteiger partial charge on any atom is -0.369 e. The smallest absolute Gasteiger partial charge is 0.200 e. The molecule has 0 aliphatic heterocycles. The van der Waals surface area contributed by atoms with Gasteiger partial charge in [0.15, 0.2) is 5.95 Å². The largest absolute Gasteiger partial charge is 0.369 e. The topological polar surface area (TPSA) is 56.7 Å². The van der Waals surface area contributed by atoms with Crippen LogP contribution >= 0.6 is 0 Å². The van der Waals surface area contributed by atoms with Crippen molar-refractivity contribution in [2.75, 3.05) is 5.73 Å². The fourth-order valence-corrected chi connectivity index (χ4v) is 1.21. The molecular weight excluding hydrogens is 164 g/mol. The zero-order chi connectivity index (χ0) is 9.26. The molecule has 0 aliphatic carbocycles. The number of nitrogens with zero attached hydrogens (tertiary/aromatic N) is 3. The molecule has 0 fully saturated rings. The fraction of sp³-hybridized carbons (Fsp3) is 0.111. The summed E-state index contributed by atoms with van der Waals surface area (Å²) in [6.07, 6.45) is 5.27. The molecule has 66 valence electrons. The fourth-order valence-electron chi connectivity index (χ4n) is 1.21. The number of anilines is 1. The Labute approximate surface area is 76.1 Å². The Kier molecular flexibility index (Phi) is 1.73. The summed E-state index contributed by atoms with van der Waals surface area (Å²) < 4.78 is 1.83. The van der Waals surface area contributed by atoms with E-state index < -0.39 is 0 Å². The van der Waals surface area contributed by atoms with Crippen molar-refractivity contribution in [1.82, 2.24) is 14.5 Å². The van der Waals surface area contributed by atoms with Gasteiger partial charge in [-0.25, -0.2) is 4.98 Å². The highest BCUT2D eigenvalue weighted by Crippen LogP contribution is 2.18. The first kappa shape index (κ1) is 7.79. The van der Waals surface area contributed by atoms with E-state index in [-0.39, 0.29) is 0 Å². The molecule has 2 N–H and O–H groups in total. The molecule has 0 aliphatic rings. The van der Waals surface area contributed by atoms with Gasteiger partial charge in [-0.1, -0.05) is 0 Å². The van der Waals surface area contributed by atoms with Crippen molar-refractivity contribution in [3.63, 3.8) is 0 Å². The van der Waals surface area contributed by atoms with E-state index in [4.69, 9.17) is 5.73 Å². The van der Waals surface area contributed by atoms with E-state index >= 15 is 0 Å². The standard InChI is InChI=1S/C9H10N4/c1-13-8(6-12-9(13)10)7-3-2-4-11-5-7/h2-6H,1H3,(H2,10,12). The number of imidazole rings is 1. The van der Waals surface area contributed by atoms with Crippen LogP contribution in [0.2, 0.25) is 0 Å². The molecule has 2 aromatic heterocycles. The number of rotatable bonds is 1. The monoisotopic (exact) mass is 174 g/mol. The van der Waals surface area contributed by atoms with Crippen LogP contribution in [0.5, 0.6) is 0 Å². The van der Waals surface area contributed by atoms with Gasteiger partial charge >= 0.3 is 0 Å². The van der Waals surface area contributed by atoms with Crippen LogP contribution in [0.3, 0.4) is 0 Å². The van der Waals surface area contributed by atoms with E-state index in [1.807, 2.05) is 23.7 Å². The lowest BCUT2D eigenvalue weighted by Crippen LogP contribution is -1.98. The molecule has 0 bridgehead atoms. The first-order valence-corrected chi connectivity index (χ1v) is 3.96. The Hall–Kier alpha value is -1.84. The van der Waals surface area contributed by atoms with Crippen molar-refractivity contribution in [3.8, 4) is 11.3 Å². The Balaban J connectivity index is 2.53. The summed E-state index contributed by atoms with van der Waals surface area (Å²) in [6, 6.07) is 3.86. The Morgan fingerprint density at radius 3 is 2.77 bits per heavy atom. The number of nitrogens with two attached hydrogens (primary N) is 1. The number of aromatic nitrogens is 3.